The van der Waals surface area contributed by atoms with Crippen molar-refractivity contribution in [3.05, 3.63) is 64.1 Å². The number of halogens is 1. The van der Waals surface area contributed by atoms with Gasteiger partial charge in [0, 0.05) is 29.6 Å². The highest BCUT2D eigenvalue weighted by Crippen LogP contribution is 2.32. The molecule has 0 bridgehead atoms. The first-order valence-electron chi connectivity index (χ1n) is 9.83. The van der Waals surface area contributed by atoms with Crippen molar-refractivity contribution >= 4 is 39.1 Å². The van der Waals surface area contributed by atoms with Crippen LogP contribution in [0.5, 0.6) is 0 Å². The van der Waals surface area contributed by atoms with Gasteiger partial charge in [-0.2, -0.15) is 0 Å². The second kappa shape index (κ2) is 8.60. The minimum absolute atomic E-state index is 0.155. The number of thiazole rings is 1. The predicted molar refractivity (Wildman–Crippen MR) is 115 cm³/mol. The summed E-state index contributed by atoms with van der Waals surface area (Å²) in [6, 6.07) is 16.3. The van der Waals surface area contributed by atoms with Crippen LogP contribution in [0.3, 0.4) is 0 Å². The lowest BCUT2D eigenvalue weighted by Crippen LogP contribution is -2.87. The minimum Gasteiger partial charge on any atom is -0.337 e. The normalized spacial score (nSPS) is 18.4. The fourth-order valence-corrected chi connectivity index (χ4v) is 5.25. The van der Waals surface area contributed by atoms with Gasteiger partial charge >= 0.3 is 0 Å². The van der Waals surface area contributed by atoms with Crippen LogP contribution in [0.15, 0.2) is 48.5 Å². The van der Waals surface area contributed by atoms with E-state index in [-0.39, 0.29) is 11.9 Å². The smallest absolute Gasteiger partial charge is 0.277 e. The Hall–Kier alpha value is -1.95. The van der Waals surface area contributed by atoms with Crippen LogP contribution >= 0.6 is 22.9 Å². The predicted octanol–water partition coefficient (Wildman–Crippen LogP) is 3.98. The lowest BCUT2D eigenvalue weighted by molar-refractivity contribution is -0.683. The van der Waals surface area contributed by atoms with Gasteiger partial charge < -0.3 is 10.2 Å². The molecule has 4 rings (SSSR count). The number of quaternary nitrogens is 1. The summed E-state index contributed by atoms with van der Waals surface area (Å²) in [5, 5.41) is 3.99. The SMILES string of the molecule is C[C@H]([NH2+]CC(=O)N1CCC[C@@H](c2nc3ccccc3s2)C1)c1ccccc1Cl. The Labute approximate surface area is 174 Å². The third-order valence-electron chi connectivity index (χ3n) is 5.48. The van der Waals surface area contributed by atoms with Gasteiger partial charge in [-0.05, 0) is 38.0 Å². The van der Waals surface area contributed by atoms with Crippen LogP contribution in [-0.4, -0.2) is 35.4 Å². The van der Waals surface area contributed by atoms with Crippen molar-refractivity contribution in [3.63, 3.8) is 0 Å². The van der Waals surface area contributed by atoms with Gasteiger partial charge in [0.05, 0.1) is 15.2 Å². The van der Waals surface area contributed by atoms with Crippen molar-refractivity contribution in [1.82, 2.24) is 9.88 Å². The minimum atomic E-state index is 0.155. The second-order valence-corrected chi connectivity index (χ2v) is 8.92. The molecule has 2 N–H and O–H groups in total. The number of likely N-dealkylation sites (tertiary alicyclic amines) is 1. The lowest BCUT2D eigenvalue weighted by Gasteiger charge is -2.31. The summed E-state index contributed by atoms with van der Waals surface area (Å²) in [6.45, 7) is 4.15. The van der Waals surface area contributed by atoms with Gasteiger partial charge in [-0.25, -0.2) is 4.98 Å². The Morgan fingerprint density at radius 1 is 1.29 bits per heavy atom. The summed E-state index contributed by atoms with van der Waals surface area (Å²) in [4.78, 5) is 19.6. The van der Waals surface area contributed by atoms with E-state index in [0.29, 0.717) is 12.5 Å². The van der Waals surface area contributed by atoms with Gasteiger partial charge in [0.25, 0.3) is 5.91 Å². The fourth-order valence-electron chi connectivity index (χ4n) is 3.85. The molecule has 1 aromatic heterocycles. The Kier molecular flexibility index (Phi) is 5.95. The number of nitrogens with two attached hydrogens (primary N) is 1. The van der Waals surface area contributed by atoms with Crippen LogP contribution in [0.25, 0.3) is 10.2 Å². The zero-order valence-corrected chi connectivity index (χ0v) is 17.5. The van der Waals surface area contributed by atoms with Crippen molar-refractivity contribution in [1.29, 1.82) is 0 Å². The highest BCUT2D eigenvalue weighted by molar-refractivity contribution is 7.18. The number of nitrogens with zero attached hydrogens (tertiary/aromatic N) is 2. The molecule has 0 saturated carbocycles. The molecule has 6 heteroatoms. The molecule has 2 heterocycles. The number of carbonyl (C=O) groups excluding carboxylic acids is 1. The number of aromatic nitrogens is 1. The number of carbonyl (C=O) groups is 1. The molecule has 3 aromatic rings. The Bertz CT molecular complexity index is 940. The van der Waals surface area contributed by atoms with E-state index in [1.165, 1.54) is 4.70 Å². The summed E-state index contributed by atoms with van der Waals surface area (Å²) < 4.78 is 1.22. The first-order chi connectivity index (χ1) is 13.6. The third kappa shape index (κ3) is 4.22. The van der Waals surface area contributed by atoms with E-state index in [0.717, 1.165) is 47.0 Å². The molecule has 1 saturated heterocycles. The summed E-state index contributed by atoms with van der Waals surface area (Å²) in [7, 11) is 0. The van der Waals surface area contributed by atoms with Crippen molar-refractivity contribution < 1.29 is 10.1 Å². The molecule has 28 heavy (non-hydrogen) atoms. The molecule has 146 valence electrons. The van der Waals surface area contributed by atoms with Crippen molar-refractivity contribution in [3.8, 4) is 0 Å². The number of amides is 1. The number of rotatable bonds is 5. The first kappa shape index (κ1) is 19.4. The highest BCUT2D eigenvalue weighted by Gasteiger charge is 2.28. The number of hydrogen-bond acceptors (Lipinski definition) is 3. The maximum Gasteiger partial charge on any atom is 0.277 e. The van der Waals surface area contributed by atoms with E-state index >= 15 is 0 Å². The summed E-state index contributed by atoms with van der Waals surface area (Å²) in [5.41, 5.74) is 2.14. The van der Waals surface area contributed by atoms with Crippen molar-refractivity contribution in [2.45, 2.75) is 31.7 Å². The van der Waals surface area contributed by atoms with Crippen molar-refractivity contribution in [2.24, 2.45) is 0 Å². The van der Waals surface area contributed by atoms with Gasteiger partial charge in [0.15, 0.2) is 6.54 Å². The van der Waals surface area contributed by atoms with Crippen molar-refractivity contribution in [2.75, 3.05) is 19.6 Å². The molecule has 0 radical (unpaired) electrons. The van der Waals surface area contributed by atoms with Crippen LogP contribution in [0.1, 0.15) is 42.3 Å². The van der Waals surface area contributed by atoms with Gasteiger partial charge in [-0.1, -0.05) is 41.9 Å². The third-order valence-corrected chi connectivity index (χ3v) is 7.02. The Balaban J connectivity index is 1.37. The van der Waals surface area contributed by atoms with Crippen LogP contribution in [0.4, 0.5) is 0 Å². The molecule has 1 amide bonds. The standard InChI is InChI=1S/C22H24ClN3OS/c1-15(17-8-2-3-9-18(17)23)24-13-21(27)26-12-6-7-16(14-26)22-25-19-10-4-5-11-20(19)28-22/h2-5,8-11,15-16,24H,6-7,12-14H2,1H3/p+1/t15-,16+/m0/s1. The zero-order valence-electron chi connectivity index (χ0n) is 16.0. The molecular weight excluding hydrogens is 390 g/mol. The van der Waals surface area contributed by atoms with E-state index in [1.807, 2.05) is 35.2 Å². The second-order valence-electron chi connectivity index (χ2n) is 7.45. The van der Waals surface area contributed by atoms with Crippen LogP contribution in [-0.2, 0) is 4.79 Å². The quantitative estimate of drug-likeness (QED) is 0.686. The van der Waals surface area contributed by atoms with E-state index in [9.17, 15) is 4.79 Å². The first-order valence-corrected chi connectivity index (χ1v) is 11.0. The summed E-state index contributed by atoms with van der Waals surface area (Å²) in [5.74, 6) is 0.542. The molecule has 2 atom stereocenters. The number of fused-ring (bicyclic) bond motifs is 1. The number of benzene rings is 2. The molecule has 0 unspecified atom stereocenters. The average molecular weight is 415 g/mol. The van der Waals surface area contributed by atoms with Gasteiger partial charge in [-0.3, -0.25) is 4.79 Å². The molecule has 1 aliphatic heterocycles. The van der Waals surface area contributed by atoms with Gasteiger partial charge in [0.1, 0.15) is 6.04 Å². The zero-order chi connectivity index (χ0) is 19.5. The van der Waals surface area contributed by atoms with E-state index in [2.05, 4.69) is 30.4 Å². The highest BCUT2D eigenvalue weighted by atomic mass is 35.5. The van der Waals surface area contributed by atoms with Gasteiger partial charge in [0.2, 0.25) is 0 Å². The molecule has 2 aromatic carbocycles. The monoisotopic (exact) mass is 414 g/mol. The van der Waals surface area contributed by atoms with E-state index in [4.69, 9.17) is 16.6 Å². The lowest BCUT2D eigenvalue weighted by atomic mass is 9.98. The molecule has 1 fully saturated rings. The maximum absolute atomic E-state index is 12.8. The average Bonchev–Trinajstić information content (AvgIpc) is 3.16. The van der Waals surface area contributed by atoms with Crippen LogP contribution in [0, 0.1) is 0 Å². The number of piperidine rings is 1. The molecule has 0 aliphatic carbocycles. The largest absolute Gasteiger partial charge is 0.337 e. The number of hydrogen-bond donors (Lipinski definition) is 1. The molecule has 4 nitrogen and oxygen atoms in total. The van der Waals surface area contributed by atoms with Crippen LogP contribution < -0.4 is 5.32 Å². The van der Waals surface area contributed by atoms with Gasteiger partial charge in [-0.15, -0.1) is 11.3 Å². The summed E-state index contributed by atoms with van der Waals surface area (Å²) >= 11 is 8.05. The number of para-hydroxylation sites is 1. The molecular formula is C22H25ClN3OS+. The fraction of sp³-hybridized carbons (Fsp3) is 0.364. The summed E-state index contributed by atoms with van der Waals surface area (Å²) in [6.07, 6.45) is 2.13. The topological polar surface area (TPSA) is 49.8 Å². The van der Waals surface area contributed by atoms with E-state index < -0.39 is 0 Å². The maximum atomic E-state index is 12.8. The Morgan fingerprint density at radius 3 is 2.89 bits per heavy atom. The Morgan fingerprint density at radius 2 is 2.07 bits per heavy atom. The van der Waals surface area contributed by atoms with Crippen LogP contribution in [0.2, 0.25) is 5.02 Å². The molecule has 1 aliphatic rings. The molecule has 0 spiro atoms. The van der Waals surface area contributed by atoms with E-state index in [1.54, 1.807) is 11.3 Å².